The van der Waals surface area contributed by atoms with Gasteiger partial charge in [0.15, 0.2) is 0 Å². The number of hydrogen-bond donors (Lipinski definition) is 2. The van der Waals surface area contributed by atoms with Crippen molar-refractivity contribution < 1.29 is 4.79 Å². The van der Waals surface area contributed by atoms with Crippen LogP contribution in [0.5, 0.6) is 0 Å². The van der Waals surface area contributed by atoms with E-state index in [9.17, 15) is 4.79 Å². The van der Waals surface area contributed by atoms with Crippen LogP contribution >= 0.6 is 47.5 Å². The van der Waals surface area contributed by atoms with Crippen LogP contribution in [0.1, 0.15) is 26.8 Å². The number of rotatable bonds is 8. The Bertz CT molecular complexity index is 857. The van der Waals surface area contributed by atoms with Gasteiger partial charge in [-0.1, -0.05) is 12.1 Å². The molecule has 6 nitrogen and oxygen atoms in total. The summed E-state index contributed by atoms with van der Waals surface area (Å²) in [6.45, 7) is 2.10. The Labute approximate surface area is 185 Å². The first-order chi connectivity index (χ1) is 12.6. The van der Waals surface area contributed by atoms with E-state index in [1.807, 2.05) is 23.7 Å². The van der Waals surface area contributed by atoms with Crippen molar-refractivity contribution in [3.05, 3.63) is 62.5 Å². The minimum Gasteiger partial charge on any atom is -0.330 e. The molecule has 0 unspecified atom stereocenters. The van der Waals surface area contributed by atoms with Gasteiger partial charge in [-0.05, 0) is 31.3 Å². The maximum absolute atomic E-state index is 12.4. The average molecular weight is 460 g/mol. The summed E-state index contributed by atoms with van der Waals surface area (Å²) in [6, 6.07) is 7.87. The summed E-state index contributed by atoms with van der Waals surface area (Å²) in [5, 5.41) is 7.63. The number of nitrogens with zero attached hydrogens (tertiary/aromatic N) is 3. The van der Waals surface area contributed by atoms with Crippen LogP contribution in [0.15, 0.2) is 40.5 Å². The highest BCUT2D eigenvalue weighted by Crippen LogP contribution is 2.16. The Morgan fingerprint density at radius 3 is 2.79 bits per heavy atom. The minimum atomic E-state index is -0.197. The van der Waals surface area contributed by atoms with Gasteiger partial charge in [0.2, 0.25) is 0 Å². The molecule has 0 saturated heterocycles. The molecule has 3 N–H and O–H groups in total. The molecule has 0 aliphatic carbocycles. The van der Waals surface area contributed by atoms with Crippen molar-refractivity contribution >= 4 is 59.1 Å². The summed E-state index contributed by atoms with van der Waals surface area (Å²) >= 11 is 3.06. The molecule has 0 atom stereocenters. The number of nitrogens with one attached hydrogen (secondary N) is 1. The zero-order chi connectivity index (χ0) is 18.4. The van der Waals surface area contributed by atoms with Crippen LogP contribution in [-0.2, 0) is 19.5 Å². The number of anilines is 1. The molecule has 3 rings (SSSR count). The molecule has 2 aromatic heterocycles. The standard InChI is InChI=1S/C18H21N5OS2.2ClH/c1-23(9-15-10-25-12-20-15)8-13-3-2-4-14(7-13)21-18(24)16-11-26-17(22-16)5-6-19;;/h2-4,7,10-12H,5-6,8-9,19H2,1H3,(H,21,24);2*1H. The lowest BCUT2D eigenvalue weighted by Gasteiger charge is -2.16. The summed E-state index contributed by atoms with van der Waals surface area (Å²) < 4.78 is 0. The van der Waals surface area contributed by atoms with Crippen molar-refractivity contribution in [2.75, 3.05) is 18.9 Å². The molecule has 1 amide bonds. The Hall–Kier alpha value is -1.55. The zero-order valence-electron chi connectivity index (χ0n) is 15.3. The number of thiazole rings is 2. The predicted octanol–water partition coefficient (Wildman–Crippen LogP) is 3.83. The lowest BCUT2D eigenvalue weighted by Crippen LogP contribution is -2.18. The maximum Gasteiger partial charge on any atom is 0.275 e. The van der Waals surface area contributed by atoms with E-state index in [0.717, 1.165) is 35.0 Å². The fourth-order valence-electron chi connectivity index (χ4n) is 2.56. The van der Waals surface area contributed by atoms with E-state index >= 15 is 0 Å². The van der Waals surface area contributed by atoms with Crippen LogP contribution in [0.25, 0.3) is 0 Å². The van der Waals surface area contributed by atoms with Crippen molar-refractivity contribution in [1.29, 1.82) is 0 Å². The van der Waals surface area contributed by atoms with Gasteiger partial charge in [-0.2, -0.15) is 0 Å². The SMILES string of the molecule is CN(Cc1cccc(NC(=O)c2csc(CCN)n2)c1)Cc1cscn1.Cl.Cl. The molecular formula is C18H23Cl2N5OS2. The maximum atomic E-state index is 12.4. The second-order valence-corrected chi connectivity index (χ2v) is 7.63. The third-order valence-electron chi connectivity index (χ3n) is 3.70. The van der Waals surface area contributed by atoms with Crippen LogP contribution < -0.4 is 11.1 Å². The van der Waals surface area contributed by atoms with E-state index in [1.165, 1.54) is 11.3 Å². The lowest BCUT2D eigenvalue weighted by molar-refractivity contribution is 0.102. The molecule has 0 radical (unpaired) electrons. The molecule has 0 aliphatic rings. The van der Waals surface area contributed by atoms with E-state index < -0.39 is 0 Å². The summed E-state index contributed by atoms with van der Waals surface area (Å²) in [5.74, 6) is -0.197. The fraction of sp³-hybridized carbons (Fsp3) is 0.278. The number of hydrogen-bond acceptors (Lipinski definition) is 7. The van der Waals surface area contributed by atoms with Crippen molar-refractivity contribution in [1.82, 2.24) is 14.9 Å². The fourth-order valence-corrected chi connectivity index (χ4v) is 3.90. The first-order valence-corrected chi connectivity index (χ1v) is 10.1. The highest BCUT2D eigenvalue weighted by atomic mass is 35.5. The first-order valence-electron chi connectivity index (χ1n) is 8.24. The second-order valence-electron chi connectivity index (χ2n) is 5.97. The monoisotopic (exact) mass is 459 g/mol. The second kappa shape index (κ2) is 12.1. The highest BCUT2D eigenvalue weighted by molar-refractivity contribution is 7.09. The Morgan fingerprint density at radius 2 is 2.07 bits per heavy atom. The topological polar surface area (TPSA) is 84.1 Å². The normalized spacial score (nSPS) is 10.2. The average Bonchev–Trinajstić information content (AvgIpc) is 3.27. The summed E-state index contributed by atoms with van der Waals surface area (Å²) in [4.78, 5) is 23.2. The molecule has 0 fully saturated rings. The van der Waals surface area contributed by atoms with Gasteiger partial charge >= 0.3 is 0 Å². The van der Waals surface area contributed by atoms with Gasteiger partial charge < -0.3 is 11.1 Å². The van der Waals surface area contributed by atoms with Crippen LogP contribution in [0.3, 0.4) is 0 Å². The quantitative estimate of drug-likeness (QED) is 0.534. The molecule has 0 saturated carbocycles. The molecule has 152 valence electrons. The molecular weight excluding hydrogens is 437 g/mol. The number of aromatic nitrogens is 2. The molecule has 1 aromatic carbocycles. The highest BCUT2D eigenvalue weighted by Gasteiger charge is 2.11. The number of halogens is 2. The van der Waals surface area contributed by atoms with Crippen LogP contribution in [0, 0.1) is 0 Å². The minimum absolute atomic E-state index is 0. The predicted molar refractivity (Wildman–Crippen MR) is 121 cm³/mol. The van der Waals surface area contributed by atoms with Gasteiger partial charge in [0, 0.05) is 36.0 Å². The molecule has 2 heterocycles. The molecule has 28 heavy (non-hydrogen) atoms. The van der Waals surface area contributed by atoms with Crippen molar-refractivity contribution in [3.63, 3.8) is 0 Å². The molecule has 0 spiro atoms. The Morgan fingerprint density at radius 1 is 1.25 bits per heavy atom. The van der Waals surface area contributed by atoms with E-state index in [0.29, 0.717) is 18.7 Å². The Balaban J connectivity index is 0.00000196. The van der Waals surface area contributed by atoms with Crippen LogP contribution in [0.4, 0.5) is 5.69 Å². The molecule has 3 aromatic rings. The van der Waals surface area contributed by atoms with E-state index in [1.54, 1.807) is 16.7 Å². The van der Waals surface area contributed by atoms with E-state index in [-0.39, 0.29) is 30.7 Å². The van der Waals surface area contributed by atoms with E-state index in [4.69, 9.17) is 5.73 Å². The van der Waals surface area contributed by atoms with Crippen LogP contribution in [-0.4, -0.2) is 34.4 Å². The lowest BCUT2D eigenvalue weighted by atomic mass is 10.2. The third-order valence-corrected chi connectivity index (χ3v) is 5.24. The number of carbonyl (C=O) groups is 1. The van der Waals surface area contributed by atoms with Gasteiger partial charge in [0.1, 0.15) is 5.69 Å². The van der Waals surface area contributed by atoms with Crippen molar-refractivity contribution in [2.24, 2.45) is 5.73 Å². The molecule has 0 aliphatic heterocycles. The van der Waals surface area contributed by atoms with Gasteiger partial charge in [-0.3, -0.25) is 9.69 Å². The molecule has 10 heteroatoms. The smallest absolute Gasteiger partial charge is 0.275 e. The third kappa shape index (κ3) is 7.12. The van der Waals surface area contributed by atoms with Gasteiger partial charge in [0.05, 0.1) is 16.2 Å². The summed E-state index contributed by atoms with van der Waals surface area (Å²) in [5.41, 5.74) is 10.8. The van der Waals surface area contributed by atoms with Crippen molar-refractivity contribution in [2.45, 2.75) is 19.5 Å². The van der Waals surface area contributed by atoms with Gasteiger partial charge in [-0.15, -0.1) is 47.5 Å². The zero-order valence-corrected chi connectivity index (χ0v) is 18.6. The number of carbonyl (C=O) groups excluding carboxylic acids is 1. The first kappa shape index (κ1) is 24.5. The number of amides is 1. The largest absolute Gasteiger partial charge is 0.330 e. The van der Waals surface area contributed by atoms with Crippen molar-refractivity contribution in [3.8, 4) is 0 Å². The number of nitrogens with two attached hydrogens (primary N) is 1. The van der Waals surface area contributed by atoms with E-state index in [2.05, 4.69) is 38.7 Å². The Kier molecular flexibility index (Phi) is 10.6. The number of benzene rings is 1. The summed E-state index contributed by atoms with van der Waals surface area (Å²) in [6.07, 6.45) is 0.693. The van der Waals surface area contributed by atoms with Crippen LogP contribution in [0.2, 0.25) is 0 Å². The van der Waals surface area contributed by atoms with Gasteiger partial charge in [-0.25, -0.2) is 9.97 Å². The van der Waals surface area contributed by atoms with Gasteiger partial charge in [0.25, 0.3) is 5.91 Å². The summed E-state index contributed by atoms with van der Waals surface area (Å²) in [7, 11) is 2.05. The molecule has 0 bridgehead atoms.